The Morgan fingerprint density at radius 3 is 2.19 bits per heavy atom. The monoisotopic (exact) mass is 288 g/mol. The van der Waals surface area contributed by atoms with Crippen molar-refractivity contribution >= 4 is 11.6 Å². The van der Waals surface area contributed by atoms with Gasteiger partial charge < -0.3 is 10.6 Å². The molecule has 0 bridgehead atoms. The van der Waals surface area contributed by atoms with Crippen LogP contribution in [0.2, 0.25) is 0 Å². The molecule has 0 radical (unpaired) electrons. The molecule has 0 atom stereocenters. The van der Waals surface area contributed by atoms with Gasteiger partial charge in [-0.1, -0.05) is 38.2 Å². The summed E-state index contributed by atoms with van der Waals surface area (Å²) in [5.41, 5.74) is 3.26. The molecule has 0 saturated heterocycles. The van der Waals surface area contributed by atoms with Gasteiger partial charge in [-0.15, -0.1) is 0 Å². The van der Waals surface area contributed by atoms with Crippen molar-refractivity contribution in [3.05, 3.63) is 29.3 Å². The third-order valence-corrected chi connectivity index (χ3v) is 4.16. The highest BCUT2D eigenvalue weighted by molar-refractivity contribution is 5.92. The first-order chi connectivity index (χ1) is 10.1. The molecule has 1 aliphatic rings. The molecule has 0 aliphatic heterocycles. The predicted molar refractivity (Wildman–Crippen MR) is 88.7 cm³/mol. The quantitative estimate of drug-likeness (QED) is 0.881. The molecule has 1 aromatic rings. The number of benzene rings is 1. The minimum absolute atomic E-state index is 0.0575. The van der Waals surface area contributed by atoms with E-state index in [-0.39, 0.29) is 5.91 Å². The Hall–Kier alpha value is -1.35. The van der Waals surface area contributed by atoms with Gasteiger partial charge in [0, 0.05) is 11.7 Å². The van der Waals surface area contributed by atoms with Gasteiger partial charge in [0.15, 0.2) is 0 Å². The molecule has 0 spiro atoms. The molecular weight excluding hydrogens is 260 g/mol. The van der Waals surface area contributed by atoms with Gasteiger partial charge in [-0.3, -0.25) is 4.79 Å². The second kappa shape index (κ2) is 8.18. The van der Waals surface area contributed by atoms with E-state index in [0.717, 1.165) is 5.69 Å². The van der Waals surface area contributed by atoms with Crippen LogP contribution < -0.4 is 10.6 Å². The highest BCUT2D eigenvalue weighted by atomic mass is 16.1. The maximum absolute atomic E-state index is 12.1. The largest absolute Gasteiger partial charge is 0.325 e. The first kappa shape index (κ1) is 16.0. The smallest absolute Gasteiger partial charge is 0.238 e. The Morgan fingerprint density at radius 1 is 1.00 bits per heavy atom. The zero-order chi connectivity index (χ0) is 15.1. The molecule has 1 saturated carbocycles. The zero-order valence-corrected chi connectivity index (χ0v) is 13.4. The van der Waals surface area contributed by atoms with Gasteiger partial charge in [0.25, 0.3) is 0 Å². The molecule has 2 rings (SSSR count). The van der Waals surface area contributed by atoms with Crippen LogP contribution in [0.15, 0.2) is 18.2 Å². The summed E-state index contributed by atoms with van der Waals surface area (Å²) >= 11 is 0. The topological polar surface area (TPSA) is 41.1 Å². The Bertz CT molecular complexity index is 442. The van der Waals surface area contributed by atoms with Crippen LogP contribution in [0.3, 0.4) is 0 Å². The van der Waals surface area contributed by atoms with Crippen LogP contribution in [0.1, 0.15) is 56.1 Å². The molecule has 0 unspecified atom stereocenters. The summed E-state index contributed by atoms with van der Waals surface area (Å²) in [5, 5.41) is 6.42. The summed E-state index contributed by atoms with van der Waals surface area (Å²) in [6.45, 7) is 4.52. The summed E-state index contributed by atoms with van der Waals surface area (Å²) in [7, 11) is 0. The van der Waals surface area contributed by atoms with Crippen molar-refractivity contribution in [2.75, 3.05) is 11.9 Å². The Balaban J connectivity index is 1.78. The van der Waals surface area contributed by atoms with E-state index in [1.807, 2.05) is 12.1 Å². The van der Waals surface area contributed by atoms with Gasteiger partial charge in [0.2, 0.25) is 5.91 Å². The fourth-order valence-electron chi connectivity index (χ4n) is 3.15. The molecule has 21 heavy (non-hydrogen) atoms. The van der Waals surface area contributed by atoms with Crippen LogP contribution in [0.5, 0.6) is 0 Å². The van der Waals surface area contributed by atoms with Gasteiger partial charge in [0.1, 0.15) is 0 Å². The number of rotatable bonds is 4. The minimum Gasteiger partial charge on any atom is -0.325 e. The number of amides is 1. The third kappa shape index (κ3) is 5.88. The highest BCUT2D eigenvalue weighted by Gasteiger charge is 2.12. The van der Waals surface area contributed by atoms with Crippen molar-refractivity contribution in [3.63, 3.8) is 0 Å². The first-order valence-electron chi connectivity index (χ1n) is 8.25. The Kier molecular flexibility index (Phi) is 6.24. The van der Waals surface area contributed by atoms with E-state index in [9.17, 15) is 4.79 Å². The number of anilines is 1. The molecule has 1 aromatic carbocycles. The van der Waals surface area contributed by atoms with E-state index < -0.39 is 0 Å². The standard InChI is InChI=1S/C18H28N2O/c1-14-10-15(2)12-17(11-14)20-18(21)13-19-16-8-6-4-3-5-7-9-16/h10-12,16,19H,3-9,13H2,1-2H3,(H,20,21). The van der Waals surface area contributed by atoms with Crippen LogP contribution >= 0.6 is 0 Å². The fourth-order valence-corrected chi connectivity index (χ4v) is 3.15. The number of hydrogen-bond donors (Lipinski definition) is 2. The molecule has 3 heteroatoms. The van der Waals surface area contributed by atoms with Crippen molar-refractivity contribution in [1.29, 1.82) is 0 Å². The van der Waals surface area contributed by atoms with Crippen molar-refractivity contribution in [2.24, 2.45) is 0 Å². The lowest BCUT2D eigenvalue weighted by molar-refractivity contribution is -0.115. The third-order valence-electron chi connectivity index (χ3n) is 4.16. The van der Waals surface area contributed by atoms with Crippen LogP contribution in [0.25, 0.3) is 0 Å². The van der Waals surface area contributed by atoms with Crippen molar-refractivity contribution in [1.82, 2.24) is 5.32 Å². The summed E-state index contributed by atoms with van der Waals surface area (Å²) in [4.78, 5) is 12.1. The zero-order valence-electron chi connectivity index (χ0n) is 13.4. The first-order valence-corrected chi connectivity index (χ1v) is 8.25. The Morgan fingerprint density at radius 2 is 1.57 bits per heavy atom. The Labute approximate surface area is 128 Å². The van der Waals surface area contributed by atoms with E-state index in [1.165, 1.54) is 56.1 Å². The molecule has 0 aromatic heterocycles. The number of hydrogen-bond acceptors (Lipinski definition) is 2. The molecule has 1 aliphatic carbocycles. The summed E-state index contributed by atoms with van der Waals surface area (Å²) in [6, 6.07) is 6.65. The molecule has 3 nitrogen and oxygen atoms in total. The number of nitrogens with one attached hydrogen (secondary N) is 2. The van der Waals surface area contributed by atoms with Crippen molar-refractivity contribution in [2.45, 2.75) is 64.8 Å². The maximum atomic E-state index is 12.1. The van der Waals surface area contributed by atoms with Gasteiger partial charge in [-0.25, -0.2) is 0 Å². The number of aryl methyl sites for hydroxylation is 2. The molecule has 1 amide bonds. The van der Waals surface area contributed by atoms with E-state index in [4.69, 9.17) is 0 Å². The average Bonchev–Trinajstić information content (AvgIpc) is 2.36. The van der Waals surface area contributed by atoms with Crippen molar-refractivity contribution in [3.8, 4) is 0 Å². The number of carbonyl (C=O) groups excluding carboxylic acids is 1. The van der Waals surface area contributed by atoms with Gasteiger partial charge in [-0.05, 0) is 49.9 Å². The lowest BCUT2D eigenvalue weighted by Gasteiger charge is -2.20. The fraction of sp³-hybridized carbons (Fsp3) is 0.611. The van der Waals surface area contributed by atoms with Crippen LogP contribution in [0, 0.1) is 13.8 Å². The highest BCUT2D eigenvalue weighted by Crippen LogP contribution is 2.17. The lowest BCUT2D eigenvalue weighted by Crippen LogP contribution is -2.36. The van der Waals surface area contributed by atoms with Crippen LogP contribution in [-0.2, 0) is 4.79 Å². The molecular formula is C18H28N2O. The summed E-state index contributed by atoms with van der Waals surface area (Å²) in [6.07, 6.45) is 9.04. The van der Waals surface area contributed by atoms with E-state index in [1.54, 1.807) is 0 Å². The normalized spacial score (nSPS) is 17.0. The van der Waals surface area contributed by atoms with Crippen molar-refractivity contribution < 1.29 is 4.79 Å². The molecule has 1 fully saturated rings. The number of carbonyl (C=O) groups is 1. The van der Waals surface area contributed by atoms with E-state index in [0.29, 0.717) is 12.6 Å². The lowest BCUT2D eigenvalue weighted by atomic mass is 9.97. The maximum Gasteiger partial charge on any atom is 0.238 e. The van der Waals surface area contributed by atoms with Gasteiger partial charge in [-0.2, -0.15) is 0 Å². The summed E-state index contributed by atoms with van der Waals surface area (Å²) in [5.74, 6) is 0.0575. The van der Waals surface area contributed by atoms with Gasteiger partial charge in [0.05, 0.1) is 6.54 Å². The SMILES string of the molecule is Cc1cc(C)cc(NC(=O)CNC2CCCCCCC2)c1. The minimum atomic E-state index is 0.0575. The van der Waals surface area contributed by atoms with E-state index in [2.05, 4.69) is 30.5 Å². The second-order valence-corrected chi connectivity index (χ2v) is 6.35. The molecule has 2 N–H and O–H groups in total. The molecule has 0 heterocycles. The van der Waals surface area contributed by atoms with Crippen LogP contribution in [0.4, 0.5) is 5.69 Å². The van der Waals surface area contributed by atoms with E-state index >= 15 is 0 Å². The average molecular weight is 288 g/mol. The second-order valence-electron chi connectivity index (χ2n) is 6.35. The van der Waals surface area contributed by atoms with Crippen LogP contribution in [-0.4, -0.2) is 18.5 Å². The molecule has 116 valence electrons. The van der Waals surface area contributed by atoms with Gasteiger partial charge >= 0.3 is 0 Å². The predicted octanol–water partition coefficient (Wildman–Crippen LogP) is 3.94. The summed E-state index contributed by atoms with van der Waals surface area (Å²) < 4.78 is 0.